The van der Waals surface area contributed by atoms with Gasteiger partial charge in [-0.1, -0.05) is 42.5 Å². The second-order valence-corrected chi connectivity index (χ2v) is 6.69. The van der Waals surface area contributed by atoms with Crippen molar-refractivity contribution >= 4 is 28.9 Å². The van der Waals surface area contributed by atoms with Crippen LogP contribution in [0.1, 0.15) is 17.3 Å². The van der Waals surface area contributed by atoms with Crippen LogP contribution in [0.4, 0.5) is 27.5 Å². The second kappa shape index (κ2) is 8.53. The molecule has 0 saturated carbocycles. The molecule has 4 aromatic rings. The molecule has 0 saturated heterocycles. The molecular formula is C24H19FN4O. The minimum Gasteiger partial charge on any atom is -0.338 e. The molecule has 4 rings (SSSR count). The number of Topliss-reactive ketones (excluding diaryl/α,β-unsaturated/α-hetero) is 1. The first-order valence-electron chi connectivity index (χ1n) is 9.42. The fraction of sp³-hybridized carbons (Fsp3) is 0.0417. The lowest BCUT2D eigenvalue weighted by Crippen LogP contribution is -2.03. The molecule has 0 atom stereocenters. The maximum Gasteiger partial charge on any atom is 0.229 e. The van der Waals surface area contributed by atoms with Crippen LogP contribution in [0.5, 0.6) is 0 Å². The summed E-state index contributed by atoms with van der Waals surface area (Å²) in [7, 11) is 0. The highest BCUT2D eigenvalue weighted by molar-refractivity contribution is 5.94. The van der Waals surface area contributed by atoms with E-state index in [0.29, 0.717) is 28.7 Å². The van der Waals surface area contributed by atoms with Crippen molar-refractivity contribution < 1.29 is 9.18 Å². The molecule has 3 aromatic carbocycles. The SMILES string of the molecule is CC(=O)c1ccc(Nc2nc(Nc3ccccc3F)cc(-c3ccccc3)n2)cc1. The van der Waals surface area contributed by atoms with Crippen LogP contribution in [-0.2, 0) is 0 Å². The maximum absolute atomic E-state index is 14.1. The zero-order valence-corrected chi connectivity index (χ0v) is 16.3. The molecule has 0 unspecified atom stereocenters. The number of nitrogens with zero attached hydrogens (tertiary/aromatic N) is 2. The average molecular weight is 398 g/mol. The van der Waals surface area contributed by atoms with Gasteiger partial charge in [0, 0.05) is 22.9 Å². The highest BCUT2D eigenvalue weighted by Crippen LogP contribution is 2.26. The summed E-state index contributed by atoms with van der Waals surface area (Å²) in [6.45, 7) is 1.52. The molecule has 0 spiro atoms. The van der Waals surface area contributed by atoms with Crippen LogP contribution < -0.4 is 10.6 Å². The third-order valence-electron chi connectivity index (χ3n) is 4.48. The van der Waals surface area contributed by atoms with E-state index < -0.39 is 0 Å². The summed E-state index contributed by atoms with van der Waals surface area (Å²) in [5, 5.41) is 6.18. The third kappa shape index (κ3) is 4.50. The maximum atomic E-state index is 14.1. The number of halogens is 1. The largest absolute Gasteiger partial charge is 0.338 e. The van der Waals surface area contributed by atoms with Crippen LogP contribution in [0.3, 0.4) is 0 Å². The lowest BCUT2D eigenvalue weighted by atomic mass is 10.1. The van der Waals surface area contributed by atoms with Crippen molar-refractivity contribution in [3.8, 4) is 11.3 Å². The normalized spacial score (nSPS) is 10.5. The van der Waals surface area contributed by atoms with Gasteiger partial charge in [0.1, 0.15) is 11.6 Å². The van der Waals surface area contributed by atoms with Gasteiger partial charge in [0.2, 0.25) is 5.95 Å². The number of para-hydroxylation sites is 1. The van der Waals surface area contributed by atoms with Gasteiger partial charge in [-0.3, -0.25) is 4.79 Å². The van der Waals surface area contributed by atoms with Crippen LogP contribution in [0.2, 0.25) is 0 Å². The summed E-state index contributed by atoms with van der Waals surface area (Å²) in [4.78, 5) is 20.6. The summed E-state index contributed by atoms with van der Waals surface area (Å²) in [6.07, 6.45) is 0. The number of hydrogen-bond acceptors (Lipinski definition) is 5. The van der Waals surface area contributed by atoms with Crippen molar-refractivity contribution in [2.75, 3.05) is 10.6 Å². The second-order valence-electron chi connectivity index (χ2n) is 6.69. The highest BCUT2D eigenvalue weighted by atomic mass is 19.1. The first-order valence-corrected chi connectivity index (χ1v) is 9.42. The molecule has 0 amide bonds. The molecule has 0 aliphatic rings. The van der Waals surface area contributed by atoms with Crippen LogP contribution >= 0.6 is 0 Å². The van der Waals surface area contributed by atoms with Crippen molar-refractivity contribution in [2.45, 2.75) is 6.92 Å². The van der Waals surface area contributed by atoms with Crippen molar-refractivity contribution in [3.63, 3.8) is 0 Å². The van der Waals surface area contributed by atoms with Gasteiger partial charge < -0.3 is 10.6 Å². The molecule has 2 N–H and O–H groups in total. The summed E-state index contributed by atoms with van der Waals surface area (Å²) >= 11 is 0. The van der Waals surface area contributed by atoms with Crippen LogP contribution in [0.25, 0.3) is 11.3 Å². The number of ketones is 1. The summed E-state index contributed by atoms with van der Waals surface area (Å²) in [6, 6.07) is 24.9. The van der Waals surface area contributed by atoms with Crippen LogP contribution in [-0.4, -0.2) is 15.8 Å². The predicted octanol–water partition coefficient (Wildman–Crippen LogP) is 5.97. The first kappa shape index (κ1) is 19.3. The Bertz CT molecular complexity index is 1180. The Morgan fingerprint density at radius 1 is 0.833 bits per heavy atom. The van der Waals surface area contributed by atoms with Gasteiger partial charge in [-0.25, -0.2) is 9.37 Å². The monoisotopic (exact) mass is 398 g/mol. The highest BCUT2D eigenvalue weighted by Gasteiger charge is 2.10. The summed E-state index contributed by atoms with van der Waals surface area (Å²) < 4.78 is 14.1. The lowest BCUT2D eigenvalue weighted by molar-refractivity contribution is 0.101. The van der Waals surface area contributed by atoms with Gasteiger partial charge in [0.15, 0.2) is 5.78 Å². The van der Waals surface area contributed by atoms with Crippen molar-refractivity contribution in [3.05, 3.63) is 96.3 Å². The average Bonchev–Trinajstić information content (AvgIpc) is 2.76. The zero-order chi connectivity index (χ0) is 20.9. The van der Waals surface area contributed by atoms with Crippen LogP contribution in [0, 0.1) is 5.82 Å². The molecule has 148 valence electrons. The zero-order valence-electron chi connectivity index (χ0n) is 16.3. The topological polar surface area (TPSA) is 66.9 Å². The fourth-order valence-electron chi connectivity index (χ4n) is 2.94. The van der Waals surface area contributed by atoms with E-state index in [4.69, 9.17) is 0 Å². The van der Waals surface area contributed by atoms with E-state index in [0.717, 1.165) is 11.3 Å². The Hall–Kier alpha value is -4.06. The number of aromatic nitrogens is 2. The molecule has 0 fully saturated rings. The Kier molecular flexibility index (Phi) is 5.48. The summed E-state index contributed by atoms with van der Waals surface area (Å²) in [5.41, 5.74) is 3.29. The van der Waals surface area contributed by atoms with E-state index in [1.54, 1.807) is 48.5 Å². The Balaban J connectivity index is 1.70. The molecular weight excluding hydrogens is 379 g/mol. The molecule has 0 bridgehead atoms. The predicted molar refractivity (Wildman–Crippen MR) is 117 cm³/mol. The number of rotatable bonds is 6. The van der Waals surface area contributed by atoms with Gasteiger partial charge in [0.25, 0.3) is 0 Å². The number of hydrogen-bond donors (Lipinski definition) is 2. The number of carbonyl (C=O) groups is 1. The van der Waals surface area contributed by atoms with Crippen molar-refractivity contribution in [1.29, 1.82) is 0 Å². The number of carbonyl (C=O) groups excluding carboxylic acids is 1. The van der Waals surface area contributed by atoms with E-state index >= 15 is 0 Å². The van der Waals surface area contributed by atoms with E-state index in [1.807, 2.05) is 30.3 Å². The van der Waals surface area contributed by atoms with Gasteiger partial charge in [-0.2, -0.15) is 4.98 Å². The molecule has 5 nitrogen and oxygen atoms in total. The first-order chi connectivity index (χ1) is 14.6. The van der Waals surface area contributed by atoms with Crippen LogP contribution in [0.15, 0.2) is 84.9 Å². The third-order valence-corrected chi connectivity index (χ3v) is 4.48. The molecule has 1 heterocycles. The quantitative estimate of drug-likeness (QED) is 0.392. The Morgan fingerprint density at radius 2 is 1.53 bits per heavy atom. The van der Waals surface area contributed by atoms with Gasteiger partial charge >= 0.3 is 0 Å². The van der Waals surface area contributed by atoms with Gasteiger partial charge in [-0.15, -0.1) is 0 Å². The molecule has 0 aliphatic carbocycles. The van der Waals surface area contributed by atoms with E-state index in [2.05, 4.69) is 20.6 Å². The number of nitrogens with one attached hydrogen (secondary N) is 2. The standard InChI is InChI=1S/C24H19FN4O/c1-16(30)17-11-13-19(14-12-17)26-24-28-22(18-7-3-2-4-8-18)15-23(29-24)27-21-10-6-5-9-20(21)25/h2-15H,1H3,(H2,26,27,28,29). The van der Waals surface area contributed by atoms with E-state index in [-0.39, 0.29) is 11.6 Å². The van der Waals surface area contributed by atoms with Crippen molar-refractivity contribution in [2.24, 2.45) is 0 Å². The van der Waals surface area contributed by atoms with E-state index in [1.165, 1.54) is 13.0 Å². The van der Waals surface area contributed by atoms with E-state index in [9.17, 15) is 9.18 Å². The Labute approximate surface area is 173 Å². The molecule has 0 radical (unpaired) electrons. The smallest absolute Gasteiger partial charge is 0.229 e. The number of benzene rings is 3. The minimum atomic E-state index is -0.369. The molecule has 6 heteroatoms. The lowest BCUT2D eigenvalue weighted by Gasteiger charge is -2.12. The number of anilines is 4. The van der Waals surface area contributed by atoms with Crippen molar-refractivity contribution in [1.82, 2.24) is 9.97 Å². The van der Waals surface area contributed by atoms with Gasteiger partial charge in [0.05, 0.1) is 11.4 Å². The molecule has 0 aliphatic heterocycles. The molecule has 30 heavy (non-hydrogen) atoms. The fourth-order valence-corrected chi connectivity index (χ4v) is 2.94. The minimum absolute atomic E-state index is 0.000231. The van der Waals surface area contributed by atoms with Gasteiger partial charge in [-0.05, 0) is 43.3 Å². The summed E-state index contributed by atoms with van der Waals surface area (Å²) in [5.74, 6) is 0.439. The Morgan fingerprint density at radius 3 is 2.23 bits per heavy atom. The molecule has 1 aromatic heterocycles.